The summed E-state index contributed by atoms with van der Waals surface area (Å²) in [7, 11) is -2.79. The molecule has 0 saturated heterocycles. The molecule has 5 nitrogen and oxygen atoms in total. The molecule has 0 spiro atoms. The molecular formula is C9H14ClF2N3O2S. The van der Waals surface area contributed by atoms with Crippen molar-refractivity contribution in [3.8, 4) is 0 Å². The fraction of sp³-hybridized carbons (Fsp3) is 0.667. The Balaban J connectivity index is 2.81. The van der Waals surface area contributed by atoms with Gasteiger partial charge in [0.15, 0.2) is 0 Å². The molecule has 0 saturated carbocycles. The van der Waals surface area contributed by atoms with Crippen LogP contribution in [0.3, 0.4) is 0 Å². The molecule has 0 aliphatic carbocycles. The van der Waals surface area contributed by atoms with E-state index in [1.54, 1.807) is 0 Å². The van der Waals surface area contributed by atoms with Crippen molar-refractivity contribution in [2.24, 2.45) is 0 Å². The number of hydrogen-bond donors (Lipinski definition) is 0. The topological polar surface area (TPSA) is 55.2 Å². The van der Waals surface area contributed by atoms with E-state index in [2.05, 4.69) is 5.10 Å². The minimum atomic E-state index is -3.90. The molecule has 0 unspecified atom stereocenters. The summed E-state index contributed by atoms with van der Waals surface area (Å²) in [6.07, 6.45) is 0.390. The van der Waals surface area contributed by atoms with Crippen LogP contribution in [-0.4, -0.2) is 48.4 Å². The number of alkyl halides is 3. The molecule has 104 valence electrons. The number of sulfonamides is 1. The molecular weight excluding hydrogens is 288 g/mol. The van der Waals surface area contributed by atoms with Gasteiger partial charge in [0.05, 0.1) is 12.7 Å². The third kappa shape index (κ3) is 3.89. The van der Waals surface area contributed by atoms with Gasteiger partial charge in [-0.3, -0.25) is 4.68 Å². The first kappa shape index (κ1) is 15.3. The van der Waals surface area contributed by atoms with E-state index in [1.807, 2.05) is 0 Å². The maximum atomic E-state index is 12.2. The fourth-order valence-electron chi connectivity index (χ4n) is 1.29. The normalized spacial score (nSPS) is 12.6. The zero-order valence-electron chi connectivity index (χ0n) is 9.76. The SMILES string of the molecule is CN(CC(F)F)S(=O)(=O)c1cnn(CCCCl)c1. The van der Waals surface area contributed by atoms with Crippen molar-refractivity contribution >= 4 is 21.6 Å². The highest BCUT2D eigenvalue weighted by Gasteiger charge is 2.24. The molecule has 0 radical (unpaired) electrons. The molecule has 18 heavy (non-hydrogen) atoms. The Labute approximate surface area is 109 Å². The third-order valence-electron chi connectivity index (χ3n) is 2.23. The van der Waals surface area contributed by atoms with E-state index in [0.29, 0.717) is 23.2 Å². The van der Waals surface area contributed by atoms with Gasteiger partial charge in [0, 0.05) is 25.7 Å². The monoisotopic (exact) mass is 301 g/mol. The first-order valence-electron chi connectivity index (χ1n) is 5.21. The molecule has 1 aromatic heterocycles. The van der Waals surface area contributed by atoms with Gasteiger partial charge in [-0.1, -0.05) is 0 Å². The smallest absolute Gasteiger partial charge is 0.252 e. The van der Waals surface area contributed by atoms with Crippen LogP contribution in [0.25, 0.3) is 0 Å². The van der Waals surface area contributed by atoms with Crippen molar-refractivity contribution in [1.29, 1.82) is 0 Å². The Morgan fingerprint density at radius 3 is 2.78 bits per heavy atom. The lowest BCUT2D eigenvalue weighted by Gasteiger charge is -2.14. The molecule has 9 heteroatoms. The second-order valence-electron chi connectivity index (χ2n) is 3.66. The van der Waals surface area contributed by atoms with Gasteiger partial charge in [-0.25, -0.2) is 17.2 Å². The number of nitrogens with zero attached hydrogens (tertiary/aromatic N) is 3. The predicted molar refractivity (Wildman–Crippen MR) is 63.4 cm³/mol. The second kappa shape index (κ2) is 6.44. The van der Waals surface area contributed by atoms with E-state index in [9.17, 15) is 17.2 Å². The van der Waals surface area contributed by atoms with Gasteiger partial charge in [-0.2, -0.15) is 9.40 Å². The van der Waals surface area contributed by atoms with E-state index < -0.39 is 23.0 Å². The quantitative estimate of drug-likeness (QED) is 0.715. The average Bonchev–Trinajstić information content (AvgIpc) is 2.74. The van der Waals surface area contributed by atoms with Crippen LogP contribution < -0.4 is 0 Å². The summed E-state index contributed by atoms with van der Waals surface area (Å²) in [5.41, 5.74) is 0. The number of aryl methyl sites for hydroxylation is 1. The molecule has 0 bridgehead atoms. The maximum Gasteiger partial charge on any atom is 0.252 e. The summed E-state index contributed by atoms with van der Waals surface area (Å²) in [5.74, 6) is 0.438. The maximum absolute atomic E-state index is 12.2. The van der Waals surface area contributed by atoms with E-state index in [4.69, 9.17) is 11.6 Å². The summed E-state index contributed by atoms with van der Waals surface area (Å²) in [6, 6.07) is 0. The Hall–Kier alpha value is -0.730. The zero-order valence-corrected chi connectivity index (χ0v) is 11.3. The summed E-state index contributed by atoms with van der Waals surface area (Å²) in [5, 5.41) is 3.85. The van der Waals surface area contributed by atoms with E-state index in [0.717, 1.165) is 13.2 Å². The van der Waals surface area contributed by atoms with Gasteiger partial charge in [0.1, 0.15) is 4.90 Å². The summed E-state index contributed by atoms with van der Waals surface area (Å²) in [6.45, 7) is -0.354. The van der Waals surface area contributed by atoms with Gasteiger partial charge < -0.3 is 0 Å². The van der Waals surface area contributed by atoms with Gasteiger partial charge in [0.25, 0.3) is 6.43 Å². The van der Waals surface area contributed by atoms with Crippen molar-refractivity contribution in [1.82, 2.24) is 14.1 Å². The van der Waals surface area contributed by atoms with Crippen LogP contribution in [0, 0.1) is 0 Å². The highest BCUT2D eigenvalue weighted by atomic mass is 35.5. The zero-order chi connectivity index (χ0) is 13.8. The predicted octanol–water partition coefficient (Wildman–Crippen LogP) is 1.40. The molecule has 0 atom stereocenters. The lowest BCUT2D eigenvalue weighted by atomic mass is 10.5. The van der Waals surface area contributed by atoms with Crippen molar-refractivity contribution in [2.45, 2.75) is 24.3 Å². The third-order valence-corrected chi connectivity index (χ3v) is 4.28. The van der Waals surface area contributed by atoms with Crippen LogP contribution in [0.4, 0.5) is 8.78 Å². The van der Waals surface area contributed by atoms with Gasteiger partial charge in [-0.15, -0.1) is 11.6 Å². The Morgan fingerprint density at radius 1 is 1.56 bits per heavy atom. The highest BCUT2D eigenvalue weighted by Crippen LogP contribution is 2.14. The van der Waals surface area contributed by atoms with Crippen molar-refractivity contribution in [3.63, 3.8) is 0 Å². The van der Waals surface area contributed by atoms with Gasteiger partial charge in [0.2, 0.25) is 10.0 Å². The van der Waals surface area contributed by atoms with Gasteiger partial charge in [-0.05, 0) is 6.42 Å². The van der Waals surface area contributed by atoms with Crippen LogP contribution in [0.1, 0.15) is 6.42 Å². The lowest BCUT2D eigenvalue weighted by Crippen LogP contribution is -2.31. The minimum absolute atomic E-state index is 0.0970. The van der Waals surface area contributed by atoms with Crippen LogP contribution in [-0.2, 0) is 16.6 Å². The molecule has 0 aliphatic rings. The molecule has 0 N–H and O–H groups in total. The number of halogens is 3. The molecule has 0 amide bonds. The van der Waals surface area contributed by atoms with Crippen molar-refractivity contribution in [2.75, 3.05) is 19.5 Å². The molecule has 0 aromatic carbocycles. The van der Waals surface area contributed by atoms with E-state index in [1.165, 1.54) is 10.9 Å². The van der Waals surface area contributed by atoms with Crippen LogP contribution >= 0.6 is 11.6 Å². The number of rotatable bonds is 7. The summed E-state index contributed by atoms with van der Waals surface area (Å²) in [4.78, 5) is -0.0970. The van der Waals surface area contributed by atoms with E-state index in [-0.39, 0.29) is 4.90 Å². The standard InChI is InChI=1S/C9H14ClF2N3O2S/c1-14(7-9(11)12)18(16,17)8-5-13-15(6-8)4-2-3-10/h5-6,9H,2-4,7H2,1H3. The molecule has 0 fully saturated rings. The van der Waals surface area contributed by atoms with Gasteiger partial charge >= 0.3 is 0 Å². The number of hydrogen-bond acceptors (Lipinski definition) is 3. The Bertz CT molecular complexity index is 478. The summed E-state index contributed by atoms with van der Waals surface area (Å²) >= 11 is 5.50. The second-order valence-corrected chi connectivity index (χ2v) is 6.08. The lowest BCUT2D eigenvalue weighted by molar-refractivity contribution is 0.126. The first-order valence-corrected chi connectivity index (χ1v) is 7.18. The fourth-order valence-corrected chi connectivity index (χ4v) is 2.52. The minimum Gasteiger partial charge on any atom is -0.271 e. The van der Waals surface area contributed by atoms with E-state index >= 15 is 0 Å². The molecule has 1 rings (SSSR count). The number of aromatic nitrogens is 2. The van der Waals surface area contributed by atoms with Crippen LogP contribution in [0.2, 0.25) is 0 Å². The highest BCUT2D eigenvalue weighted by molar-refractivity contribution is 7.89. The average molecular weight is 302 g/mol. The first-order chi connectivity index (χ1) is 8.37. The Kier molecular flexibility index (Phi) is 5.48. The molecule has 1 aromatic rings. The summed E-state index contributed by atoms with van der Waals surface area (Å²) < 4.78 is 50.1. The van der Waals surface area contributed by atoms with Crippen molar-refractivity contribution < 1.29 is 17.2 Å². The largest absolute Gasteiger partial charge is 0.271 e. The van der Waals surface area contributed by atoms with Crippen LogP contribution in [0.15, 0.2) is 17.3 Å². The van der Waals surface area contributed by atoms with Crippen LogP contribution in [0.5, 0.6) is 0 Å². The molecule has 1 heterocycles. The Morgan fingerprint density at radius 2 is 2.22 bits per heavy atom. The molecule has 0 aliphatic heterocycles. The van der Waals surface area contributed by atoms with Crippen molar-refractivity contribution in [3.05, 3.63) is 12.4 Å².